The van der Waals surface area contributed by atoms with Crippen LogP contribution in [-0.4, -0.2) is 28.8 Å². The second kappa shape index (κ2) is 10.7. The highest BCUT2D eigenvalue weighted by Crippen LogP contribution is 2.42. The molecule has 3 aromatic rings. The van der Waals surface area contributed by atoms with Gasteiger partial charge < -0.3 is 9.84 Å². The number of carbonyl (C=O) groups is 1. The summed E-state index contributed by atoms with van der Waals surface area (Å²) in [5, 5.41) is 10.9. The van der Waals surface area contributed by atoms with Crippen molar-refractivity contribution in [2.24, 2.45) is 0 Å². The van der Waals surface area contributed by atoms with E-state index in [4.69, 9.17) is 27.9 Å². The predicted molar refractivity (Wildman–Crippen MR) is 120 cm³/mol. The fraction of sp³-hybridized carbons (Fsp3) is 0.250. The number of halogens is 6. The van der Waals surface area contributed by atoms with E-state index in [0.29, 0.717) is 5.56 Å². The Balaban J connectivity index is 2.01. The van der Waals surface area contributed by atoms with E-state index in [0.717, 1.165) is 18.2 Å². The van der Waals surface area contributed by atoms with Gasteiger partial charge in [-0.1, -0.05) is 35.3 Å². The Morgan fingerprint density at radius 3 is 2.47 bits per heavy atom. The molecule has 0 aliphatic carbocycles. The van der Waals surface area contributed by atoms with Gasteiger partial charge in [0.15, 0.2) is 0 Å². The number of esters is 1. The van der Waals surface area contributed by atoms with Crippen LogP contribution in [-0.2, 0) is 4.74 Å². The minimum atomic E-state index is -4.62. The number of alkyl halides is 3. The Morgan fingerprint density at radius 1 is 1.09 bits per heavy atom. The average molecular weight is 516 g/mol. The number of ether oxygens (including phenoxy) is 1. The average Bonchev–Trinajstić information content (AvgIpc) is 2.77. The third-order valence-corrected chi connectivity index (χ3v) is 5.73. The molecule has 1 aromatic heterocycles. The first-order chi connectivity index (χ1) is 16.0. The van der Waals surface area contributed by atoms with Crippen molar-refractivity contribution in [3.05, 3.63) is 87.3 Å². The Labute approximate surface area is 203 Å². The molecule has 3 rings (SSSR count). The highest BCUT2D eigenvalue weighted by atomic mass is 35.5. The van der Waals surface area contributed by atoms with Crippen molar-refractivity contribution in [3.8, 4) is 11.3 Å². The molecule has 0 fully saturated rings. The summed E-state index contributed by atoms with van der Waals surface area (Å²) in [5.41, 5.74) is 0.917. The number of aliphatic hydroxyl groups excluding tert-OH is 1. The van der Waals surface area contributed by atoms with Crippen molar-refractivity contribution in [1.82, 2.24) is 4.98 Å². The zero-order chi connectivity index (χ0) is 25.0. The lowest BCUT2D eigenvalue weighted by molar-refractivity contribution is -0.145. The maximum atomic E-state index is 13.5. The Hall–Kier alpha value is -2.68. The summed E-state index contributed by atoms with van der Waals surface area (Å²) in [6, 6.07) is 10.3. The van der Waals surface area contributed by atoms with E-state index >= 15 is 0 Å². The summed E-state index contributed by atoms with van der Waals surface area (Å²) in [4.78, 5) is 16.3. The molecule has 2 atom stereocenters. The number of benzene rings is 2. The second-order valence-corrected chi connectivity index (χ2v) is 8.24. The van der Waals surface area contributed by atoms with E-state index in [-0.39, 0.29) is 39.0 Å². The van der Waals surface area contributed by atoms with Gasteiger partial charge in [0.05, 0.1) is 35.4 Å². The number of pyridine rings is 1. The zero-order valence-corrected chi connectivity index (χ0v) is 19.3. The Morgan fingerprint density at radius 2 is 1.82 bits per heavy atom. The lowest BCUT2D eigenvalue weighted by Gasteiger charge is -2.26. The van der Waals surface area contributed by atoms with Crippen LogP contribution in [0.2, 0.25) is 10.0 Å². The summed E-state index contributed by atoms with van der Waals surface area (Å²) < 4.78 is 58.5. The molecule has 0 amide bonds. The number of aromatic nitrogens is 1. The fourth-order valence-electron chi connectivity index (χ4n) is 3.51. The van der Waals surface area contributed by atoms with Gasteiger partial charge in [0, 0.05) is 22.7 Å². The first-order valence-corrected chi connectivity index (χ1v) is 10.9. The minimum Gasteiger partial charge on any atom is -0.462 e. The molecule has 10 heteroatoms. The molecule has 0 aliphatic heterocycles. The predicted octanol–water partition coefficient (Wildman–Crippen LogP) is 7.14. The van der Waals surface area contributed by atoms with Crippen molar-refractivity contribution in [2.45, 2.75) is 31.5 Å². The number of hydrogen-bond acceptors (Lipinski definition) is 4. The third-order valence-electron chi connectivity index (χ3n) is 5.08. The minimum absolute atomic E-state index is 0.0395. The molecule has 0 saturated carbocycles. The van der Waals surface area contributed by atoms with Gasteiger partial charge in [0.25, 0.3) is 0 Å². The van der Waals surface area contributed by atoms with Crippen LogP contribution in [0.1, 0.15) is 46.9 Å². The SMILES string of the molecule is CCOC(=O)c1cc(-c2cc(C(O)C(CC(F)(F)F)c3ccc(F)cc3Cl)ccn2)ccc1Cl. The van der Waals surface area contributed by atoms with E-state index in [1.54, 1.807) is 13.0 Å². The normalized spacial score (nSPS) is 13.4. The summed E-state index contributed by atoms with van der Waals surface area (Å²) in [7, 11) is 0. The number of carbonyl (C=O) groups excluding carboxylic acids is 1. The van der Waals surface area contributed by atoms with Crippen LogP contribution < -0.4 is 0 Å². The summed E-state index contributed by atoms with van der Waals surface area (Å²) >= 11 is 12.1. The highest BCUT2D eigenvalue weighted by Gasteiger charge is 2.37. The molecule has 0 aliphatic rings. The van der Waals surface area contributed by atoms with E-state index < -0.39 is 36.4 Å². The molecular formula is C24H19Cl2F4NO3. The van der Waals surface area contributed by atoms with Crippen LogP contribution in [0, 0.1) is 5.82 Å². The van der Waals surface area contributed by atoms with Gasteiger partial charge in [-0.3, -0.25) is 4.98 Å². The van der Waals surface area contributed by atoms with E-state index in [9.17, 15) is 27.5 Å². The van der Waals surface area contributed by atoms with Gasteiger partial charge in [-0.15, -0.1) is 0 Å². The van der Waals surface area contributed by atoms with Crippen LogP contribution in [0.5, 0.6) is 0 Å². The molecule has 180 valence electrons. The molecule has 1 heterocycles. The molecule has 4 nitrogen and oxygen atoms in total. The molecule has 0 bridgehead atoms. The first kappa shape index (κ1) is 25.9. The van der Waals surface area contributed by atoms with E-state index in [1.807, 2.05) is 0 Å². The van der Waals surface area contributed by atoms with Crippen molar-refractivity contribution >= 4 is 29.2 Å². The Bertz CT molecular complexity index is 1190. The first-order valence-electron chi connectivity index (χ1n) is 10.1. The molecule has 0 spiro atoms. The maximum Gasteiger partial charge on any atom is 0.389 e. The molecular weight excluding hydrogens is 497 g/mol. The summed E-state index contributed by atoms with van der Waals surface area (Å²) in [6.45, 7) is 1.79. The monoisotopic (exact) mass is 515 g/mol. The van der Waals surface area contributed by atoms with Gasteiger partial charge in [0.1, 0.15) is 5.82 Å². The van der Waals surface area contributed by atoms with Crippen molar-refractivity contribution in [3.63, 3.8) is 0 Å². The smallest absolute Gasteiger partial charge is 0.389 e. The standard InChI is InChI=1S/C24H19Cl2F4NO3/c1-2-34-23(33)17-9-13(3-6-19(17)25)21-10-14(7-8-31-21)22(32)18(12-24(28,29)30)16-5-4-15(27)11-20(16)26/h3-11,18,22,32H,2,12H2,1H3. The van der Waals surface area contributed by atoms with Crippen LogP contribution in [0.4, 0.5) is 17.6 Å². The van der Waals surface area contributed by atoms with Crippen LogP contribution in [0.25, 0.3) is 11.3 Å². The lowest BCUT2D eigenvalue weighted by Crippen LogP contribution is -2.20. The van der Waals surface area contributed by atoms with Gasteiger partial charge >= 0.3 is 12.1 Å². The zero-order valence-electron chi connectivity index (χ0n) is 17.7. The largest absolute Gasteiger partial charge is 0.462 e. The van der Waals surface area contributed by atoms with Gasteiger partial charge in [-0.05, 0) is 54.4 Å². The van der Waals surface area contributed by atoms with Gasteiger partial charge in [0.2, 0.25) is 0 Å². The summed E-state index contributed by atoms with van der Waals surface area (Å²) in [6.07, 6.45) is -6.32. The topological polar surface area (TPSA) is 59.4 Å². The van der Waals surface area contributed by atoms with Crippen molar-refractivity contribution in [2.75, 3.05) is 6.61 Å². The van der Waals surface area contributed by atoms with Crippen molar-refractivity contribution in [1.29, 1.82) is 0 Å². The van der Waals surface area contributed by atoms with Gasteiger partial charge in [-0.25, -0.2) is 9.18 Å². The molecule has 2 aromatic carbocycles. The second-order valence-electron chi connectivity index (χ2n) is 7.43. The number of hydrogen-bond donors (Lipinski definition) is 1. The van der Waals surface area contributed by atoms with Crippen LogP contribution >= 0.6 is 23.2 Å². The quantitative estimate of drug-likeness (QED) is 0.268. The maximum absolute atomic E-state index is 13.5. The van der Waals surface area contributed by atoms with Gasteiger partial charge in [-0.2, -0.15) is 13.2 Å². The molecule has 0 saturated heterocycles. The fourth-order valence-corrected chi connectivity index (χ4v) is 4.02. The number of nitrogens with zero attached hydrogens (tertiary/aromatic N) is 1. The third kappa shape index (κ3) is 6.25. The number of rotatable bonds is 7. The molecule has 2 unspecified atom stereocenters. The van der Waals surface area contributed by atoms with E-state index in [2.05, 4.69) is 4.98 Å². The van der Waals surface area contributed by atoms with Crippen molar-refractivity contribution < 1.29 is 32.2 Å². The molecule has 1 N–H and O–H groups in total. The highest BCUT2D eigenvalue weighted by molar-refractivity contribution is 6.33. The Kier molecular flexibility index (Phi) is 8.17. The van der Waals surface area contributed by atoms with E-state index in [1.165, 1.54) is 30.5 Å². The molecule has 34 heavy (non-hydrogen) atoms. The summed E-state index contributed by atoms with van der Waals surface area (Å²) in [5.74, 6) is -2.84. The lowest BCUT2D eigenvalue weighted by atomic mass is 9.86. The van der Waals surface area contributed by atoms with Crippen LogP contribution in [0.3, 0.4) is 0 Å². The number of aliphatic hydroxyl groups is 1. The molecule has 0 radical (unpaired) electrons. The van der Waals surface area contributed by atoms with Crippen LogP contribution in [0.15, 0.2) is 54.7 Å².